The Morgan fingerprint density at radius 2 is 1.71 bits per heavy atom. The summed E-state index contributed by atoms with van der Waals surface area (Å²) in [4.78, 5) is 16.2. The third kappa shape index (κ3) is 9.59. The van der Waals surface area contributed by atoms with Crippen molar-refractivity contribution < 1.29 is 17.9 Å². The van der Waals surface area contributed by atoms with Crippen molar-refractivity contribution in [2.24, 2.45) is 10.9 Å². The first-order chi connectivity index (χ1) is 12.7. The predicted molar refractivity (Wildman–Crippen MR) is 112 cm³/mol. The Hall–Kier alpha value is -1.55. The maximum atomic E-state index is 12.0. The molecule has 1 saturated heterocycles. The van der Waals surface area contributed by atoms with E-state index in [1.54, 1.807) is 7.05 Å². The minimum absolute atomic E-state index is 0.393. The topological polar surface area (TPSA) is 112 Å². The molecular weight excluding hydrogens is 382 g/mol. The van der Waals surface area contributed by atoms with E-state index < -0.39 is 27.3 Å². The number of hydrogen-bond donors (Lipinski definition) is 3. The lowest BCUT2D eigenvalue weighted by atomic mass is 9.98. The maximum Gasteiger partial charge on any atom is 0.408 e. The number of alkyl carbamates (subject to hydrolysis) is 1. The van der Waals surface area contributed by atoms with Gasteiger partial charge in [-0.25, -0.2) is 17.5 Å². The monoisotopic (exact) mass is 419 g/mol. The molecule has 0 unspecified atom stereocenters. The van der Waals surface area contributed by atoms with Crippen molar-refractivity contribution in [1.82, 2.24) is 20.3 Å². The summed E-state index contributed by atoms with van der Waals surface area (Å²) in [6, 6.07) is 0. The molecule has 9 nitrogen and oxygen atoms in total. The summed E-state index contributed by atoms with van der Waals surface area (Å²) >= 11 is 0. The van der Waals surface area contributed by atoms with Gasteiger partial charge in [0.25, 0.3) is 0 Å². The second-order valence-electron chi connectivity index (χ2n) is 8.92. The van der Waals surface area contributed by atoms with E-state index in [0.29, 0.717) is 31.5 Å². The van der Waals surface area contributed by atoms with Gasteiger partial charge in [0.05, 0.1) is 11.8 Å². The molecule has 1 amide bonds. The largest absolute Gasteiger partial charge is 0.444 e. The summed E-state index contributed by atoms with van der Waals surface area (Å²) in [5.74, 6) is 1.04. The van der Waals surface area contributed by atoms with E-state index in [2.05, 4.69) is 20.9 Å². The molecule has 0 saturated carbocycles. The number of carbonyl (C=O) groups excluding carboxylic acids is 1. The van der Waals surface area contributed by atoms with Crippen molar-refractivity contribution in [1.29, 1.82) is 0 Å². The Kier molecular flexibility index (Phi) is 8.55. The second-order valence-corrected chi connectivity index (χ2v) is 10.9. The SMILES string of the molecule is CN=C(NCC1CCN(S(C)(=O)=O)CC1)NCC(C)(C)NC(=O)OC(C)(C)C. The van der Waals surface area contributed by atoms with Crippen LogP contribution in [0, 0.1) is 5.92 Å². The molecule has 0 radical (unpaired) electrons. The number of piperidine rings is 1. The van der Waals surface area contributed by atoms with Crippen LogP contribution in [0.4, 0.5) is 4.79 Å². The van der Waals surface area contributed by atoms with Crippen LogP contribution in [0.25, 0.3) is 0 Å². The fourth-order valence-corrected chi connectivity index (χ4v) is 3.71. The van der Waals surface area contributed by atoms with Crippen molar-refractivity contribution in [3.63, 3.8) is 0 Å². The van der Waals surface area contributed by atoms with Crippen LogP contribution in [-0.4, -0.2) is 75.4 Å². The lowest BCUT2D eigenvalue weighted by molar-refractivity contribution is 0.0474. The number of carbonyl (C=O) groups is 1. The minimum atomic E-state index is -3.10. The molecule has 0 bridgehead atoms. The zero-order valence-corrected chi connectivity index (χ0v) is 19.1. The molecule has 28 heavy (non-hydrogen) atoms. The molecular formula is C18H37N5O4S. The van der Waals surface area contributed by atoms with E-state index in [0.717, 1.165) is 19.4 Å². The summed E-state index contributed by atoms with van der Waals surface area (Å²) in [6.45, 7) is 11.6. The number of guanidine groups is 1. The highest BCUT2D eigenvalue weighted by atomic mass is 32.2. The lowest BCUT2D eigenvalue weighted by Gasteiger charge is -2.31. The number of nitrogens with one attached hydrogen (secondary N) is 3. The molecule has 1 aliphatic heterocycles. The quantitative estimate of drug-likeness (QED) is 0.439. The van der Waals surface area contributed by atoms with Gasteiger partial charge < -0.3 is 20.7 Å². The van der Waals surface area contributed by atoms with Gasteiger partial charge >= 0.3 is 6.09 Å². The molecule has 0 aromatic heterocycles. The molecule has 10 heteroatoms. The van der Waals surface area contributed by atoms with E-state index in [1.165, 1.54) is 10.6 Å². The molecule has 1 fully saturated rings. The Morgan fingerprint density at radius 1 is 1.14 bits per heavy atom. The Labute approximate surface area is 169 Å². The minimum Gasteiger partial charge on any atom is -0.444 e. The molecule has 1 heterocycles. The first-order valence-corrected chi connectivity index (χ1v) is 11.5. The summed E-state index contributed by atoms with van der Waals surface area (Å²) in [5.41, 5.74) is -1.07. The summed E-state index contributed by atoms with van der Waals surface area (Å²) in [6.07, 6.45) is 2.44. The molecule has 0 aliphatic carbocycles. The lowest BCUT2D eigenvalue weighted by Crippen LogP contribution is -2.54. The van der Waals surface area contributed by atoms with Crippen molar-refractivity contribution in [3.05, 3.63) is 0 Å². The van der Waals surface area contributed by atoms with Gasteiger partial charge in [0.15, 0.2) is 5.96 Å². The average Bonchev–Trinajstić information content (AvgIpc) is 2.52. The first-order valence-electron chi connectivity index (χ1n) is 9.63. The van der Waals surface area contributed by atoms with Gasteiger partial charge in [-0.05, 0) is 53.4 Å². The highest BCUT2D eigenvalue weighted by Crippen LogP contribution is 2.18. The van der Waals surface area contributed by atoms with Gasteiger partial charge in [-0.1, -0.05) is 0 Å². The molecule has 0 aromatic carbocycles. The highest BCUT2D eigenvalue weighted by molar-refractivity contribution is 7.88. The van der Waals surface area contributed by atoms with E-state index >= 15 is 0 Å². The molecule has 3 N–H and O–H groups in total. The average molecular weight is 420 g/mol. The number of nitrogens with zero attached hydrogens (tertiary/aromatic N) is 2. The zero-order valence-electron chi connectivity index (χ0n) is 18.3. The molecule has 0 spiro atoms. The van der Waals surface area contributed by atoms with Gasteiger partial charge in [-0.15, -0.1) is 0 Å². The van der Waals surface area contributed by atoms with Crippen LogP contribution in [-0.2, 0) is 14.8 Å². The van der Waals surface area contributed by atoms with Crippen molar-refractivity contribution >= 4 is 22.1 Å². The first kappa shape index (κ1) is 24.5. The van der Waals surface area contributed by atoms with Crippen LogP contribution in [0.15, 0.2) is 4.99 Å². The Balaban J connectivity index is 2.40. The van der Waals surface area contributed by atoms with Crippen LogP contribution < -0.4 is 16.0 Å². The maximum absolute atomic E-state index is 12.0. The number of sulfonamides is 1. The summed E-state index contributed by atoms with van der Waals surface area (Å²) in [5, 5.41) is 9.34. The zero-order chi connectivity index (χ0) is 21.6. The van der Waals surface area contributed by atoms with Crippen molar-refractivity contribution in [2.75, 3.05) is 39.5 Å². The van der Waals surface area contributed by atoms with E-state index in [9.17, 15) is 13.2 Å². The van der Waals surface area contributed by atoms with Crippen molar-refractivity contribution in [2.45, 2.75) is 58.6 Å². The van der Waals surface area contributed by atoms with Crippen LogP contribution >= 0.6 is 0 Å². The fraction of sp³-hybridized carbons (Fsp3) is 0.889. The third-order valence-electron chi connectivity index (χ3n) is 4.36. The third-order valence-corrected chi connectivity index (χ3v) is 5.66. The Morgan fingerprint density at radius 3 is 2.18 bits per heavy atom. The molecule has 1 aliphatic rings. The van der Waals surface area contributed by atoms with Gasteiger partial charge in [0, 0.05) is 33.2 Å². The highest BCUT2D eigenvalue weighted by Gasteiger charge is 2.26. The van der Waals surface area contributed by atoms with Crippen LogP contribution in [0.1, 0.15) is 47.5 Å². The van der Waals surface area contributed by atoms with Crippen molar-refractivity contribution in [3.8, 4) is 0 Å². The molecule has 0 atom stereocenters. The second kappa shape index (κ2) is 9.78. The smallest absolute Gasteiger partial charge is 0.408 e. The van der Waals surface area contributed by atoms with Crippen LogP contribution in [0.5, 0.6) is 0 Å². The summed E-state index contributed by atoms with van der Waals surface area (Å²) in [7, 11) is -1.41. The molecule has 0 aromatic rings. The summed E-state index contributed by atoms with van der Waals surface area (Å²) < 4.78 is 30.0. The van der Waals surface area contributed by atoms with Crippen LogP contribution in [0.2, 0.25) is 0 Å². The van der Waals surface area contributed by atoms with Gasteiger partial charge in [-0.3, -0.25) is 4.99 Å². The van der Waals surface area contributed by atoms with Crippen LogP contribution in [0.3, 0.4) is 0 Å². The number of aliphatic imine (C=N–C) groups is 1. The number of amides is 1. The van der Waals surface area contributed by atoms with E-state index in [1.807, 2.05) is 34.6 Å². The van der Waals surface area contributed by atoms with E-state index in [-0.39, 0.29) is 0 Å². The van der Waals surface area contributed by atoms with Gasteiger partial charge in [0.1, 0.15) is 5.60 Å². The predicted octanol–water partition coefficient (Wildman–Crippen LogP) is 1.13. The Bertz CT molecular complexity index is 647. The molecule has 164 valence electrons. The standard InChI is InChI=1S/C18H37N5O4S/c1-17(2,3)27-16(24)22-18(4,5)13-21-15(19-6)20-12-14-8-10-23(11-9-14)28(7,25)26/h14H,8-13H2,1-7H3,(H,22,24)(H2,19,20,21). The van der Waals surface area contributed by atoms with Gasteiger partial charge in [0.2, 0.25) is 10.0 Å². The van der Waals surface area contributed by atoms with E-state index in [4.69, 9.17) is 4.74 Å². The number of ether oxygens (including phenoxy) is 1. The fourth-order valence-electron chi connectivity index (χ4n) is 2.84. The normalized spacial score (nSPS) is 17.9. The van der Waals surface area contributed by atoms with Gasteiger partial charge in [-0.2, -0.15) is 0 Å². The number of rotatable bonds is 6. The number of hydrogen-bond acceptors (Lipinski definition) is 5. The molecule has 1 rings (SSSR count).